The van der Waals surface area contributed by atoms with Crippen LogP contribution in [0.4, 0.5) is 0 Å². The number of rotatable bonds is 11. The number of aromatic nitrogens is 1. The Morgan fingerprint density at radius 2 is 1.48 bits per heavy atom. The van der Waals surface area contributed by atoms with Crippen LogP contribution in [0.25, 0.3) is 5.69 Å². The van der Waals surface area contributed by atoms with Crippen LogP contribution in [0.5, 0.6) is 5.75 Å². The molecule has 2 rings (SSSR count). The summed E-state index contributed by atoms with van der Waals surface area (Å²) in [7, 11) is 1.64. The molecule has 1 heterocycles. The first kappa shape index (κ1) is 19.2. The zero-order valence-corrected chi connectivity index (χ0v) is 14.8. The number of hydrogen-bond donors (Lipinski definition) is 0. The second kappa shape index (κ2) is 10.7. The lowest BCUT2D eigenvalue weighted by Crippen LogP contribution is -2.16. The summed E-state index contributed by atoms with van der Waals surface area (Å²) >= 11 is 0. The summed E-state index contributed by atoms with van der Waals surface area (Å²) in [6.45, 7) is 5.15. The molecule has 1 aromatic carbocycles. The van der Waals surface area contributed by atoms with Gasteiger partial charge in [0, 0.05) is 25.1 Å². The van der Waals surface area contributed by atoms with E-state index in [9.17, 15) is 4.79 Å². The van der Waals surface area contributed by atoms with Crippen LogP contribution in [0.3, 0.4) is 0 Å². The van der Waals surface area contributed by atoms with Crippen molar-refractivity contribution >= 4 is 0 Å². The molecule has 0 N–H and O–H groups in total. The standard InChI is InChI=1S/C19H25NO5/c1-16-3-8-19(21)20(15-16)17-4-6-18(7-5-17)25-14-13-24-12-11-23-10-9-22-2/h3-8,15H,9-14H2,1-2H3. The highest BCUT2D eigenvalue weighted by atomic mass is 16.6. The second-order valence-corrected chi connectivity index (χ2v) is 5.47. The lowest BCUT2D eigenvalue weighted by atomic mass is 10.2. The van der Waals surface area contributed by atoms with Crippen LogP contribution in [-0.4, -0.2) is 51.3 Å². The quantitative estimate of drug-likeness (QED) is 0.583. The maximum absolute atomic E-state index is 11.9. The van der Waals surface area contributed by atoms with Crippen LogP contribution in [0.2, 0.25) is 0 Å². The Kier molecular flexibility index (Phi) is 8.18. The Morgan fingerprint density at radius 3 is 2.16 bits per heavy atom. The third-order valence-corrected chi connectivity index (χ3v) is 3.47. The van der Waals surface area contributed by atoms with E-state index >= 15 is 0 Å². The first-order valence-corrected chi connectivity index (χ1v) is 8.27. The van der Waals surface area contributed by atoms with Gasteiger partial charge in [-0.15, -0.1) is 0 Å². The Bertz CT molecular complexity index is 681. The Balaban J connectivity index is 1.70. The Morgan fingerprint density at radius 1 is 0.840 bits per heavy atom. The number of nitrogens with zero attached hydrogens (tertiary/aromatic N) is 1. The van der Waals surface area contributed by atoms with E-state index in [0.717, 1.165) is 17.0 Å². The van der Waals surface area contributed by atoms with Crippen molar-refractivity contribution in [3.05, 3.63) is 58.5 Å². The fourth-order valence-corrected chi connectivity index (χ4v) is 2.18. The van der Waals surface area contributed by atoms with Crippen molar-refractivity contribution in [2.75, 3.05) is 46.8 Å². The molecule has 0 aliphatic rings. The van der Waals surface area contributed by atoms with E-state index in [2.05, 4.69) is 0 Å². The molecule has 0 amide bonds. The molecule has 1 aromatic heterocycles. The number of methoxy groups -OCH3 is 1. The van der Waals surface area contributed by atoms with Crippen molar-refractivity contribution in [2.45, 2.75) is 6.92 Å². The first-order chi connectivity index (χ1) is 12.2. The molecule has 136 valence electrons. The lowest BCUT2D eigenvalue weighted by molar-refractivity contribution is 0.0180. The molecule has 0 aliphatic heterocycles. The lowest BCUT2D eigenvalue weighted by Gasteiger charge is -2.10. The van der Waals surface area contributed by atoms with Gasteiger partial charge in [0.05, 0.1) is 33.0 Å². The topological polar surface area (TPSA) is 58.9 Å². The summed E-state index contributed by atoms with van der Waals surface area (Å²) in [5.41, 5.74) is 1.79. The molecule has 0 aliphatic carbocycles. The smallest absolute Gasteiger partial charge is 0.255 e. The number of hydrogen-bond acceptors (Lipinski definition) is 5. The van der Waals surface area contributed by atoms with Gasteiger partial charge in [0.2, 0.25) is 0 Å². The highest BCUT2D eigenvalue weighted by molar-refractivity contribution is 5.38. The largest absolute Gasteiger partial charge is 0.491 e. The van der Waals surface area contributed by atoms with E-state index in [1.807, 2.05) is 37.4 Å². The van der Waals surface area contributed by atoms with E-state index in [4.69, 9.17) is 18.9 Å². The minimum Gasteiger partial charge on any atom is -0.491 e. The molecule has 0 radical (unpaired) electrons. The van der Waals surface area contributed by atoms with Crippen molar-refractivity contribution < 1.29 is 18.9 Å². The van der Waals surface area contributed by atoms with Gasteiger partial charge in [0.15, 0.2) is 0 Å². The van der Waals surface area contributed by atoms with E-state index in [-0.39, 0.29) is 5.56 Å². The minimum atomic E-state index is -0.0552. The molecule has 6 nitrogen and oxygen atoms in total. The number of ether oxygens (including phenoxy) is 4. The average molecular weight is 347 g/mol. The number of benzene rings is 1. The van der Waals surface area contributed by atoms with Crippen molar-refractivity contribution in [1.29, 1.82) is 0 Å². The molecular weight excluding hydrogens is 322 g/mol. The molecule has 6 heteroatoms. The molecule has 0 bridgehead atoms. The predicted molar refractivity (Wildman–Crippen MR) is 95.8 cm³/mol. The molecule has 0 fully saturated rings. The zero-order valence-electron chi connectivity index (χ0n) is 14.8. The summed E-state index contributed by atoms with van der Waals surface area (Å²) < 4.78 is 22.8. The van der Waals surface area contributed by atoms with E-state index in [1.165, 1.54) is 0 Å². The molecule has 25 heavy (non-hydrogen) atoms. The van der Waals surface area contributed by atoms with Crippen LogP contribution in [0.1, 0.15) is 5.56 Å². The van der Waals surface area contributed by atoms with E-state index in [1.54, 1.807) is 23.8 Å². The minimum absolute atomic E-state index is 0.0552. The van der Waals surface area contributed by atoms with Gasteiger partial charge >= 0.3 is 0 Å². The molecule has 0 unspecified atom stereocenters. The Hall–Kier alpha value is -2.15. The number of pyridine rings is 1. The molecular formula is C19H25NO5. The normalized spacial score (nSPS) is 10.8. The monoisotopic (exact) mass is 347 g/mol. The summed E-state index contributed by atoms with van der Waals surface area (Å²) in [5, 5.41) is 0. The number of aryl methyl sites for hydroxylation is 1. The summed E-state index contributed by atoms with van der Waals surface area (Å²) in [4.78, 5) is 11.9. The maximum Gasteiger partial charge on any atom is 0.255 e. The van der Waals surface area contributed by atoms with Gasteiger partial charge in [-0.2, -0.15) is 0 Å². The van der Waals surface area contributed by atoms with Gasteiger partial charge in [-0.05, 0) is 36.8 Å². The van der Waals surface area contributed by atoms with Crippen molar-refractivity contribution in [3.8, 4) is 11.4 Å². The van der Waals surface area contributed by atoms with Gasteiger partial charge < -0.3 is 18.9 Å². The molecule has 0 spiro atoms. The van der Waals surface area contributed by atoms with Gasteiger partial charge in [-0.1, -0.05) is 6.07 Å². The van der Waals surface area contributed by atoms with Gasteiger partial charge in [-0.25, -0.2) is 0 Å². The summed E-state index contributed by atoms with van der Waals surface area (Å²) in [5.74, 6) is 0.740. The third kappa shape index (κ3) is 6.70. The van der Waals surface area contributed by atoms with Crippen molar-refractivity contribution in [2.24, 2.45) is 0 Å². The predicted octanol–water partition coefficient (Wildman–Crippen LogP) is 2.20. The van der Waals surface area contributed by atoms with Gasteiger partial charge in [-0.3, -0.25) is 9.36 Å². The van der Waals surface area contributed by atoms with Crippen molar-refractivity contribution in [3.63, 3.8) is 0 Å². The first-order valence-electron chi connectivity index (χ1n) is 8.27. The van der Waals surface area contributed by atoms with Crippen LogP contribution < -0.4 is 10.3 Å². The summed E-state index contributed by atoms with van der Waals surface area (Å²) in [6.07, 6.45) is 1.82. The molecule has 0 saturated carbocycles. The summed E-state index contributed by atoms with van der Waals surface area (Å²) in [6, 6.07) is 10.8. The fraction of sp³-hybridized carbons (Fsp3) is 0.421. The van der Waals surface area contributed by atoms with Crippen molar-refractivity contribution in [1.82, 2.24) is 4.57 Å². The second-order valence-electron chi connectivity index (χ2n) is 5.47. The Labute approximate surface area is 147 Å². The SMILES string of the molecule is COCCOCCOCCOc1ccc(-n2cc(C)ccc2=O)cc1. The van der Waals surface area contributed by atoms with E-state index in [0.29, 0.717) is 39.6 Å². The average Bonchev–Trinajstić information content (AvgIpc) is 2.63. The van der Waals surface area contributed by atoms with Gasteiger partial charge in [0.25, 0.3) is 5.56 Å². The van der Waals surface area contributed by atoms with Crippen LogP contribution in [0, 0.1) is 6.92 Å². The fourth-order valence-electron chi connectivity index (χ4n) is 2.18. The van der Waals surface area contributed by atoms with Gasteiger partial charge in [0.1, 0.15) is 12.4 Å². The van der Waals surface area contributed by atoms with Crippen LogP contribution >= 0.6 is 0 Å². The highest BCUT2D eigenvalue weighted by Crippen LogP contribution is 2.14. The zero-order chi connectivity index (χ0) is 17.9. The molecule has 0 atom stereocenters. The maximum atomic E-state index is 11.9. The third-order valence-electron chi connectivity index (χ3n) is 3.47. The van der Waals surface area contributed by atoms with E-state index < -0.39 is 0 Å². The highest BCUT2D eigenvalue weighted by Gasteiger charge is 2.01. The molecule has 2 aromatic rings. The van der Waals surface area contributed by atoms with Crippen LogP contribution in [0.15, 0.2) is 47.4 Å². The molecule has 0 saturated heterocycles. The van der Waals surface area contributed by atoms with Crippen LogP contribution in [-0.2, 0) is 14.2 Å².